The zero-order valence-electron chi connectivity index (χ0n) is 10.5. The SMILES string of the molecule is CCCCCC[C@](C)(O)c1ccc(F)cc1F. The van der Waals surface area contributed by atoms with Crippen LogP contribution in [0.3, 0.4) is 0 Å². The van der Waals surface area contributed by atoms with Gasteiger partial charge in [0.25, 0.3) is 0 Å². The van der Waals surface area contributed by atoms with Gasteiger partial charge < -0.3 is 5.11 Å². The minimum Gasteiger partial charge on any atom is -0.385 e. The molecule has 0 bridgehead atoms. The van der Waals surface area contributed by atoms with Crippen molar-refractivity contribution in [3.8, 4) is 0 Å². The molecule has 0 aromatic heterocycles. The van der Waals surface area contributed by atoms with Crippen molar-refractivity contribution in [2.45, 2.75) is 51.6 Å². The summed E-state index contributed by atoms with van der Waals surface area (Å²) in [4.78, 5) is 0. The molecule has 0 fully saturated rings. The molecule has 0 aliphatic carbocycles. The molecule has 1 nitrogen and oxygen atoms in total. The molecule has 0 heterocycles. The third-order valence-electron chi connectivity index (χ3n) is 3.03. The maximum atomic E-state index is 13.5. The van der Waals surface area contributed by atoms with Gasteiger partial charge in [-0.25, -0.2) is 8.78 Å². The highest BCUT2D eigenvalue weighted by Crippen LogP contribution is 2.29. The van der Waals surface area contributed by atoms with Crippen molar-refractivity contribution in [1.29, 1.82) is 0 Å². The van der Waals surface area contributed by atoms with Crippen molar-refractivity contribution in [2.75, 3.05) is 0 Å². The maximum absolute atomic E-state index is 13.5. The van der Waals surface area contributed by atoms with Crippen LogP contribution in [-0.2, 0) is 5.60 Å². The lowest BCUT2D eigenvalue weighted by atomic mass is 9.89. The molecular formula is C14H20F2O. The van der Waals surface area contributed by atoms with Gasteiger partial charge in [-0.2, -0.15) is 0 Å². The molecule has 0 saturated heterocycles. The highest BCUT2D eigenvalue weighted by Gasteiger charge is 2.26. The highest BCUT2D eigenvalue weighted by molar-refractivity contribution is 5.24. The Hall–Kier alpha value is -0.960. The monoisotopic (exact) mass is 242 g/mol. The molecule has 0 unspecified atom stereocenters. The zero-order chi connectivity index (χ0) is 12.9. The lowest BCUT2D eigenvalue weighted by Gasteiger charge is -2.24. The van der Waals surface area contributed by atoms with Gasteiger partial charge in [-0.15, -0.1) is 0 Å². The van der Waals surface area contributed by atoms with Crippen LogP contribution in [0.25, 0.3) is 0 Å². The molecule has 3 heteroatoms. The van der Waals surface area contributed by atoms with Gasteiger partial charge in [0.2, 0.25) is 0 Å². The predicted octanol–water partition coefficient (Wildman–Crippen LogP) is 4.14. The van der Waals surface area contributed by atoms with Crippen LogP contribution in [0.15, 0.2) is 18.2 Å². The summed E-state index contributed by atoms with van der Waals surface area (Å²) >= 11 is 0. The molecule has 0 aliphatic heterocycles. The van der Waals surface area contributed by atoms with E-state index in [4.69, 9.17) is 0 Å². The van der Waals surface area contributed by atoms with E-state index in [-0.39, 0.29) is 5.56 Å². The molecule has 17 heavy (non-hydrogen) atoms. The van der Waals surface area contributed by atoms with Crippen molar-refractivity contribution < 1.29 is 13.9 Å². The summed E-state index contributed by atoms with van der Waals surface area (Å²) in [7, 11) is 0. The first-order chi connectivity index (χ1) is 7.97. The van der Waals surface area contributed by atoms with Crippen molar-refractivity contribution in [3.05, 3.63) is 35.4 Å². The number of hydrogen-bond donors (Lipinski definition) is 1. The second-order valence-electron chi connectivity index (χ2n) is 4.71. The number of rotatable bonds is 6. The Balaban J connectivity index is 2.68. The predicted molar refractivity (Wildman–Crippen MR) is 64.7 cm³/mol. The summed E-state index contributed by atoms with van der Waals surface area (Å²) in [6, 6.07) is 3.32. The molecule has 1 N–H and O–H groups in total. The molecule has 1 aromatic rings. The Labute approximate surface area is 101 Å². The van der Waals surface area contributed by atoms with Crippen LogP contribution in [0, 0.1) is 11.6 Å². The summed E-state index contributed by atoms with van der Waals surface area (Å²) in [6.45, 7) is 3.69. The van der Waals surface area contributed by atoms with Gasteiger partial charge in [-0.05, 0) is 19.4 Å². The third-order valence-corrected chi connectivity index (χ3v) is 3.03. The molecular weight excluding hydrogens is 222 g/mol. The average molecular weight is 242 g/mol. The van der Waals surface area contributed by atoms with E-state index in [9.17, 15) is 13.9 Å². The Morgan fingerprint density at radius 3 is 2.47 bits per heavy atom. The van der Waals surface area contributed by atoms with E-state index in [0.717, 1.165) is 31.7 Å². The number of aliphatic hydroxyl groups is 1. The van der Waals surface area contributed by atoms with Crippen LogP contribution in [-0.4, -0.2) is 5.11 Å². The summed E-state index contributed by atoms with van der Waals surface area (Å²) < 4.78 is 26.3. The minimum absolute atomic E-state index is 0.176. The molecule has 96 valence electrons. The molecule has 1 aromatic carbocycles. The maximum Gasteiger partial charge on any atom is 0.132 e. The molecule has 1 atom stereocenters. The van der Waals surface area contributed by atoms with E-state index in [2.05, 4.69) is 6.92 Å². The van der Waals surface area contributed by atoms with E-state index >= 15 is 0 Å². The van der Waals surface area contributed by atoms with Crippen LogP contribution in [0.1, 0.15) is 51.5 Å². The second-order valence-corrected chi connectivity index (χ2v) is 4.71. The van der Waals surface area contributed by atoms with Gasteiger partial charge in [-0.3, -0.25) is 0 Å². The van der Waals surface area contributed by atoms with E-state index in [1.165, 1.54) is 12.1 Å². The smallest absolute Gasteiger partial charge is 0.132 e. The van der Waals surface area contributed by atoms with Gasteiger partial charge in [0, 0.05) is 11.6 Å². The lowest BCUT2D eigenvalue weighted by Crippen LogP contribution is -2.22. The van der Waals surface area contributed by atoms with Crippen molar-refractivity contribution in [2.24, 2.45) is 0 Å². The summed E-state index contributed by atoms with van der Waals surface area (Å²) in [5, 5.41) is 10.2. The van der Waals surface area contributed by atoms with Crippen LogP contribution in [0.4, 0.5) is 8.78 Å². The van der Waals surface area contributed by atoms with Gasteiger partial charge >= 0.3 is 0 Å². The minimum atomic E-state index is -1.22. The Morgan fingerprint density at radius 2 is 1.88 bits per heavy atom. The highest BCUT2D eigenvalue weighted by atomic mass is 19.1. The van der Waals surface area contributed by atoms with Crippen LogP contribution in [0.2, 0.25) is 0 Å². The summed E-state index contributed by atoms with van der Waals surface area (Å²) in [6.07, 6.45) is 4.59. The van der Waals surface area contributed by atoms with E-state index < -0.39 is 17.2 Å². The average Bonchev–Trinajstić information content (AvgIpc) is 2.24. The first kappa shape index (κ1) is 14.1. The fourth-order valence-electron chi connectivity index (χ4n) is 1.96. The normalized spacial score (nSPS) is 14.6. The quantitative estimate of drug-likeness (QED) is 0.743. The largest absolute Gasteiger partial charge is 0.385 e. The summed E-state index contributed by atoms with van der Waals surface area (Å²) in [5.41, 5.74) is -1.04. The molecule has 0 saturated carbocycles. The Kier molecular flexibility index (Phi) is 5.06. The third kappa shape index (κ3) is 4.08. The molecule has 0 aliphatic rings. The van der Waals surface area contributed by atoms with Crippen molar-refractivity contribution in [1.82, 2.24) is 0 Å². The summed E-state index contributed by atoms with van der Waals surface area (Å²) in [5.74, 6) is -1.29. The lowest BCUT2D eigenvalue weighted by molar-refractivity contribution is 0.0411. The number of unbranched alkanes of at least 4 members (excludes halogenated alkanes) is 3. The van der Waals surface area contributed by atoms with Crippen LogP contribution < -0.4 is 0 Å². The zero-order valence-corrected chi connectivity index (χ0v) is 10.5. The number of halogens is 2. The molecule has 1 rings (SSSR count). The second kappa shape index (κ2) is 6.10. The Bertz CT molecular complexity index is 361. The van der Waals surface area contributed by atoms with Crippen LogP contribution in [0.5, 0.6) is 0 Å². The van der Waals surface area contributed by atoms with Gasteiger partial charge in [0.15, 0.2) is 0 Å². The van der Waals surface area contributed by atoms with Crippen molar-refractivity contribution >= 4 is 0 Å². The van der Waals surface area contributed by atoms with E-state index in [1.807, 2.05) is 0 Å². The fraction of sp³-hybridized carbons (Fsp3) is 0.571. The fourth-order valence-corrected chi connectivity index (χ4v) is 1.96. The first-order valence-corrected chi connectivity index (χ1v) is 6.15. The molecule has 0 spiro atoms. The van der Waals surface area contributed by atoms with E-state index in [1.54, 1.807) is 6.92 Å². The van der Waals surface area contributed by atoms with Gasteiger partial charge in [0.1, 0.15) is 11.6 Å². The van der Waals surface area contributed by atoms with Crippen LogP contribution >= 0.6 is 0 Å². The topological polar surface area (TPSA) is 20.2 Å². The number of hydrogen-bond acceptors (Lipinski definition) is 1. The molecule has 0 radical (unpaired) electrons. The van der Waals surface area contributed by atoms with Gasteiger partial charge in [0.05, 0.1) is 5.60 Å². The number of benzene rings is 1. The Morgan fingerprint density at radius 1 is 1.18 bits per heavy atom. The first-order valence-electron chi connectivity index (χ1n) is 6.15. The van der Waals surface area contributed by atoms with Gasteiger partial charge in [-0.1, -0.05) is 38.7 Å². The van der Waals surface area contributed by atoms with E-state index in [0.29, 0.717) is 6.42 Å². The standard InChI is InChI=1S/C14H20F2O/c1-3-4-5-6-9-14(2,17)12-8-7-11(15)10-13(12)16/h7-8,10,17H,3-6,9H2,1-2H3/t14-/m0/s1. The molecule has 0 amide bonds. The van der Waals surface area contributed by atoms with Crippen molar-refractivity contribution in [3.63, 3.8) is 0 Å².